The fraction of sp³-hybridized carbons (Fsp3) is 0.348. The number of ether oxygens (including phenoxy) is 1. The zero-order chi connectivity index (χ0) is 23.5. The van der Waals surface area contributed by atoms with Crippen LogP contribution < -0.4 is 9.46 Å². The number of fused-ring (bicyclic) bond motifs is 1. The van der Waals surface area contributed by atoms with Crippen LogP contribution in [-0.2, 0) is 34.3 Å². The zero-order valence-electron chi connectivity index (χ0n) is 18.2. The van der Waals surface area contributed by atoms with Crippen LogP contribution in [0.2, 0.25) is 0 Å². The van der Waals surface area contributed by atoms with Gasteiger partial charge < -0.3 is 14.3 Å². The van der Waals surface area contributed by atoms with Crippen LogP contribution >= 0.6 is 0 Å². The fourth-order valence-corrected chi connectivity index (χ4v) is 3.98. The first-order valence-corrected chi connectivity index (χ1v) is 12.0. The van der Waals surface area contributed by atoms with E-state index in [0.29, 0.717) is 40.9 Å². The Labute approximate surface area is 186 Å². The third kappa shape index (κ3) is 6.08. The lowest BCUT2D eigenvalue weighted by atomic mass is 9.99. The summed E-state index contributed by atoms with van der Waals surface area (Å²) in [6, 6.07) is 8.05. The molecule has 32 heavy (non-hydrogen) atoms. The molecule has 0 atom stereocenters. The lowest BCUT2D eigenvalue weighted by Gasteiger charge is -2.14. The van der Waals surface area contributed by atoms with Gasteiger partial charge in [0.2, 0.25) is 10.0 Å². The highest BCUT2D eigenvalue weighted by molar-refractivity contribution is 7.88. The van der Waals surface area contributed by atoms with Crippen LogP contribution in [0, 0.1) is 19.7 Å². The highest BCUT2D eigenvalue weighted by atomic mass is 32.2. The van der Waals surface area contributed by atoms with E-state index in [1.807, 2.05) is 19.9 Å². The highest BCUT2D eigenvalue weighted by Gasteiger charge is 2.14. The van der Waals surface area contributed by atoms with Crippen LogP contribution in [-0.4, -0.2) is 32.3 Å². The number of hydrogen-bond acceptors (Lipinski definition) is 5. The molecule has 3 rings (SSSR count). The molecule has 1 heterocycles. The van der Waals surface area contributed by atoms with Gasteiger partial charge in [-0.05, 0) is 61.2 Å². The second kappa shape index (κ2) is 9.70. The Morgan fingerprint density at radius 1 is 1.12 bits per heavy atom. The minimum absolute atomic E-state index is 0.0578. The molecule has 0 aliphatic carbocycles. The summed E-state index contributed by atoms with van der Waals surface area (Å²) in [7, 11) is -3.30. The summed E-state index contributed by atoms with van der Waals surface area (Å²) in [6.07, 6.45) is 1.91. The Hall–Kier alpha value is -2.91. The van der Waals surface area contributed by atoms with E-state index in [4.69, 9.17) is 14.3 Å². The van der Waals surface area contributed by atoms with E-state index in [-0.39, 0.29) is 19.6 Å². The number of hydrogen-bond donors (Lipinski definition) is 2. The molecule has 0 amide bonds. The molecule has 0 spiro atoms. The molecule has 0 bridgehead atoms. The van der Waals surface area contributed by atoms with Crippen molar-refractivity contribution in [1.29, 1.82) is 0 Å². The maximum absolute atomic E-state index is 14.1. The van der Waals surface area contributed by atoms with Crippen molar-refractivity contribution in [3.8, 4) is 5.75 Å². The number of carboxylic acids is 1. The number of furan rings is 1. The first-order chi connectivity index (χ1) is 15.0. The van der Waals surface area contributed by atoms with Gasteiger partial charge in [0.15, 0.2) is 0 Å². The van der Waals surface area contributed by atoms with Crippen molar-refractivity contribution in [2.45, 2.75) is 39.7 Å². The van der Waals surface area contributed by atoms with Crippen molar-refractivity contribution in [2.75, 3.05) is 12.8 Å². The monoisotopic (exact) mass is 463 g/mol. The van der Waals surface area contributed by atoms with Crippen LogP contribution in [0.3, 0.4) is 0 Å². The fourth-order valence-electron chi connectivity index (χ4n) is 3.51. The third-order valence-corrected chi connectivity index (χ3v) is 6.01. The van der Waals surface area contributed by atoms with Crippen molar-refractivity contribution in [3.63, 3.8) is 0 Å². The van der Waals surface area contributed by atoms with Gasteiger partial charge in [0, 0.05) is 30.3 Å². The van der Waals surface area contributed by atoms with Crippen LogP contribution in [0.25, 0.3) is 11.0 Å². The Kier molecular flexibility index (Phi) is 7.20. The molecule has 3 aromatic rings. The summed E-state index contributed by atoms with van der Waals surface area (Å²) in [5.41, 5.74) is 3.84. The number of rotatable bonds is 10. The topological polar surface area (TPSA) is 106 Å². The van der Waals surface area contributed by atoms with Gasteiger partial charge in [-0.2, -0.15) is 0 Å². The molecule has 2 N–H and O–H groups in total. The molecule has 0 aliphatic heterocycles. The van der Waals surface area contributed by atoms with E-state index in [1.165, 1.54) is 12.1 Å². The van der Waals surface area contributed by atoms with Crippen LogP contribution in [0.1, 0.15) is 34.4 Å². The Bertz CT molecular complexity index is 1250. The minimum Gasteiger partial charge on any atom is -0.488 e. The minimum atomic E-state index is -3.30. The van der Waals surface area contributed by atoms with E-state index < -0.39 is 21.8 Å². The maximum atomic E-state index is 14.1. The van der Waals surface area contributed by atoms with E-state index >= 15 is 0 Å². The second-order valence-corrected chi connectivity index (χ2v) is 9.60. The predicted octanol–water partition coefficient (Wildman–Crippen LogP) is 3.88. The quantitative estimate of drug-likeness (QED) is 0.473. The van der Waals surface area contributed by atoms with Gasteiger partial charge in [-0.25, -0.2) is 17.5 Å². The van der Waals surface area contributed by atoms with Gasteiger partial charge >= 0.3 is 5.97 Å². The Balaban J connectivity index is 1.77. The predicted molar refractivity (Wildman–Crippen MR) is 119 cm³/mol. The molecule has 0 aliphatic rings. The molecule has 7 nitrogen and oxygen atoms in total. The van der Waals surface area contributed by atoms with Crippen LogP contribution in [0.4, 0.5) is 4.39 Å². The highest BCUT2D eigenvalue weighted by Crippen LogP contribution is 2.29. The molecule has 2 aromatic carbocycles. The maximum Gasteiger partial charge on any atom is 0.303 e. The third-order valence-electron chi connectivity index (χ3n) is 5.29. The van der Waals surface area contributed by atoms with Crippen molar-refractivity contribution in [3.05, 3.63) is 64.2 Å². The van der Waals surface area contributed by atoms with Gasteiger partial charge in [0.1, 0.15) is 29.5 Å². The molecule has 0 radical (unpaired) electrons. The molecule has 1 aromatic heterocycles. The smallest absolute Gasteiger partial charge is 0.303 e. The molecule has 0 saturated heterocycles. The van der Waals surface area contributed by atoms with E-state index in [0.717, 1.165) is 22.9 Å². The molecule has 0 saturated carbocycles. The lowest BCUT2D eigenvalue weighted by molar-refractivity contribution is -0.136. The van der Waals surface area contributed by atoms with Gasteiger partial charge in [-0.15, -0.1) is 0 Å². The number of sulfonamides is 1. The van der Waals surface area contributed by atoms with Crippen LogP contribution in [0.15, 0.2) is 34.7 Å². The summed E-state index contributed by atoms with van der Waals surface area (Å²) < 4.78 is 50.8. The van der Waals surface area contributed by atoms with E-state index in [2.05, 4.69) is 4.72 Å². The molecular weight excluding hydrogens is 437 g/mol. The van der Waals surface area contributed by atoms with Gasteiger partial charge in [0.25, 0.3) is 0 Å². The number of carboxylic acid groups (broad SMARTS) is 1. The second-order valence-electron chi connectivity index (χ2n) is 7.77. The summed E-state index contributed by atoms with van der Waals surface area (Å²) in [5.74, 6) is -0.0991. The number of aliphatic carboxylic acids is 1. The number of nitrogens with one attached hydrogen (secondary N) is 1. The molecule has 172 valence electrons. The Morgan fingerprint density at radius 2 is 1.88 bits per heavy atom. The first kappa shape index (κ1) is 23.7. The average molecular weight is 464 g/mol. The molecular formula is C23H26FNO6S. The largest absolute Gasteiger partial charge is 0.488 e. The normalized spacial score (nSPS) is 11.8. The van der Waals surface area contributed by atoms with Crippen LogP contribution in [0.5, 0.6) is 5.75 Å². The average Bonchev–Trinajstić information content (AvgIpc) is 3.09. The molecule has 9 heteroatoms. The van der Waals surface area contributed by atoms with Crippen molar-refractivity contribution in [1.82, 2.24) is 4.72 Å². The summed E-state index contributed by atoms with van der Waals surface area (Å²) in [6.45, 7) is 4.08. The zero-order valence-corrected chi connectivity index (χ0v) is 19.0. The Morgan fingerprint density at radius 3 is 2.56 bits per heavy atom. The van der Waals surface area contributed by atoms with Gasteiger partial charge in [-0.3, -0.25) is 4.79 Å². The SMILES string of the molecule is Cc1c(CCC(=O)O)ccc(OCc2cc(F)cc3cc(CCNS(C)(=O)=O)oc23)c1C. The van der Waals surface area contributed by atoms with Gasteiger partial charge in [-0.1, -0.05) is 6.07 Å². The first-order valence-electron chi connectivity index (χ1n) is 10.1. The number of halogens is 1. The number of carbonyl (C=O) groups is 1. The van der Waals surface area contributed by atoms with E-state index in [9.17, 15) is 17.6 Å². The van der Waals surface area contributed by atoms with E-state index in [1.54, 1.807) is 12.1 Å². The number of aryl methyl sites for hydroxylation is 1. The standard InChI is InChI=1S/C23H26FNO6S/c1-14-15(2)21(6-4-16(14)5-7-22(26)27)30-13-18-11-19(24)10-17-12-20(31-23(17)18)8-9-25-32(3,28)29/h4,6,10-12,25H,5,7-9,13H2,1-3H3,(H,26,27). The molecule has 0 unspecified atom stereocenters. The summed E-state index contributed by atoms with van der Waals surface area (Å²) in [4.78, 5) is 10.8. The number of benzene rings is 2. The summed E-state index contributed by atoms with van der Waals surface area (Å²) >= 11 is 0. The van der Waals surface area contributed by atoms with Gasteiger partial charge in [0.05, 0.1) is 6.26 Å². The summed E-state index contributed by atoms with van der Waals surface area (Å²) in [5, 5.41) is 9.48. The van der Waals surface area contributed by atoms with Crippen molar-refractivity contribution < 1.29 is 31.9 Å². The lowest BCUT2D eigenvalue weighted by Crippen LogP contribution is -2.24. The van der Waals surface area contributed by atoms with Crippen molar-refractivity contribution in [2.24, 2.45) is 0 Å². The molecule has 0 fully saturated rings. The van der Waals surface area contributed by atoms with Crippen molar-refractivity contribution >= 4 is 27.0 Å².